The third-order valence-corrected chi connectivity index (χ3v) is 6.83. The molecule has 29 heavy (non-hydrogen) atoms. The molecule has 2 heterocycles. The number of phenols is 1. The Hall–Kier alpha value is -2.04. The first-order valence-electron chi connectivity index (χ1n) is 11.0. The van der Waals surface area contributed by atoms with Crippen LogP contribution in [0.2, 0.25) is 0 Å². The van der Waals surface area contributed by atoms with Gasteiger partial charge in [0.15, 0.2) is 0 Å². The molecule has 4 rings (SSSR count). The van der Waals surface area contributed by atoms with Crippen LogP contribution < -0.4 is 4.90 Å². The highest BCUT2D eigenvalue weighted by molar-refractivity contribution is 5.52. The minimum Gasteiger partial charge on any atom is -0.508 e. The molecular formula is C25H34N2O2. The van der Waals surface area contributed by atoms with Gasteiger partial charge in [0.05, 0.1) is 6.61 Å². The maximum absolute atomic E-state index is 9.78. The average Bonchev–Trinajstić information content (AvgIpc) is 3.18. The van der Waals surface area contributed by atoms with Gasteiger partial charge in [0.25, 0.3) is 0 Å². The van der Waals surface area contributed by atoms with Crippen molar-refractivity contribution in [2.75, 3.05) is 18.0 Å². The molecule has 0 aromatic heterocycles. The van der Waals surface area contributed by atoms with Crippen LogP contribution in [0.1, 0.15) is 61.8 Å². The molecule has 4 heteroatoms. The lowest BCUT2D eigenvalue weighted by Gasteiger charge is -2.35. The summed E-state index contributed by atoms with van der Waals surface area (Å²) in [6.45, 7) is 8.95. The Morgan fingerprint density at radius 3 is 2.45 bits per heavy atom. The second kappa shape index (κ2) is 8.37. The van der Waals surface area contributed by atoms with Crippen molar-refractivity contribution >= 4 is 5.69 Å². The van der Waals surface area contributed by atoms with Crippen molar-refractivity contribution in [1.82, 2.24) is 4.90 Å². The normalized spacial score (nSPS) is 17.6. The van der Waals surface area contributed by atoms with Crippen LogP contribution in [0.5, 0.6) is 5.75 Å². The number of aliphatic hydroxyl groups is 1. The number of fused-ring (bicyclic) bond motifs is 1. The molecule has 0 saturated carbocycles. The van der Waals surface area contributed by atoms with Crippen LogP contribution in [0, 0.1) is 0 Å². The van der Waals surface area contributed by atoms with Crippen molar-refractivity contribution in [2.24, 2.45) is 0 Å². The van der Waals surface area contributed by atoms with Crippen molar-refractivity contribution in [3.8, 4) is 5.75 Å². The highest BCUT2D eigenvalue weighted by Crippen LogP contribution is 2.34. The number of aromatic hydroxyl groups is 1. The molecule has 0 aliphatic carbocycles. The molecule has 2 aromatic carbocycles. The fourth-order valence-corrected chi connectivity index (χ4v) is 4.69. The number of anilines is 1. The van der Waals surface area contributed by atoms with Gasteiger partial charge in [0.1, 0.15) is 5.75 Å². The van der Waals surface area contributed by atoms with E-state index in [9.17, 15) is 10.2 Å². The highest BCUT2D eigenvalue weighted by Gasteiger charge is 2.32. The maximum atomic E-state index is 9.78. The number of rotatable bonds is 6. The zero-order valence-electron chi connectivity index (χ0n) is 17.8. The third kappa shape index (κ3) is 4.44. The maximum Gasteiger partial charge on any atom is 0.121 e. The highest BCUT2D eigenvalue weighted by atomic mass is 16.3. The summed E-state index contributed by atoms with van der Waals surface area (Å²) in [6, 6.07) is 12.7. The van der Waals surface area contributed by atoms with Crippen molar-refractivity contribution in [1.29, 1.82) is 0 Å². The van der Waals surface area contributed by atoms with Crippen molar-refractivity contribution in [3.63, 3.8) is 0 Å². The molecule has 2 aromatic rings. The van der Waals surface area contributed by atoms with Gasteiger partial charge < -0.3 is 15.1 Å². The first-order chi connectivity index (χ1) is 14.0. The van der Waals surface area contributed by atoms with Gasteiger partial charge >= 0.3 is 0 Å². The van der Waals surface area contributed by atoms with Crippen molar-refractivity contribution < 1.29 is 10.2 Å². The largest absolute Gasteiger partial charge is 0.508 e. The predicted octanol–water partition coefficient (Wildman–Crippen LogP) is 4.60. The van der Waals surface area contributed by atoms with Gasteiger partial charge in [-0.25, -0.2) is 0 Å². The molecule has 1 saturated heterocycles. The van der Waals surface area contributed by atoms with E-state index in [1.54, 1.807) is 6.07 Å². The molecule has 156 valence electrons. The van der Waals surface area contributed by atoms with Crippen LogP contribution >= 0.6 is 0 Å². The van der Waals surface area contributed by atoms with Crippen LogP contribution in [0.25, 0.3) is 0 Å². The monoisotopic (exact) mass is 394 g/mol. The van der Waals surface area contributed by atoms with Gasteiger partial charge in [-0.15, -0.1) is 0 Å². The number of aryl methyl sites for hydroxylation is 1. The molecule has 1 fully saturated rings. The van der Waals surface area contributed by atoms with Crippen LogP contribution in [0.15, 0.2) is 36.4 Å². The fraction of sp³-hybridized carbons (Fsp3) is 0.520. The lowest BCUT2D eigenvalue weighted by Crippen LogP contribution is -2.40. The molecule has 0 amide bonds. The minimum absolute atomic E-state index is 0.0849. The molecule has 4 nitrogen and oxygen atoms in total. The first-order valence-corrected chi connectivity index (χ1v) is 11.0. The SMILES string of the molecule is CC(C)(CCc1ccc(O)c(CO)c1)N1Cc2ccc(N3CCCCC3)cc2C1. The van der Waals surface area contributed by atoms with E-state index in [4.69, 9.17) is 0 Å². The van der Waals surface area contributed by atoms with E-state index in [0.29, 0.717) is 5.56 Å². The molecule has 0 atom stereocenters. The zero-order chi connectivity index (χ0) is 20.4. The second-order valence-electron chi connectivity index (χ2n) is 9.29. The number of hydrogen-bond donors (Lipinski definition) is 2. The number of piperidine rings is 1. The number of aliphatic hydroxyl groups excluding tert-OH is 1. The van der Waals surface area contributed by atoms with E-state index in [0.717, 1.165) is 25.9 Å². The number of hydrogen-bond acceptors (Lipinski definition) is 4. The topological polar surface area (TPSA) is 46.9 Å². The lowest BCUT2D eigenvalue weighted by atomic mass is 9.93. The molecule has 2 aliphatic heterocycles. The Labute approximate surface area is 174 Å². The predicted molar refractivity (Wildman–Crippen MR) is 118 cm³/mol. The molecule has 2 N–H and O–H groups in total. The zero-order valence-corrected chi connectivity index (χ0v) is 17.8. The summed E-state index contributed by atoms with van der Waals surface area (Å²) in [5, 5.41) is 19.2. The summed E-state index contributed by atoms with van der Waals surface area (Å²) in [7, 11) is 0. The minimum atomic E-state index is -0.121. The van der Waals surface area contributed by atoms with Crippen molar-refractivity contribution in [3.05, 3.63) is 58.7 Å². The third-order valence-electron chi connectivity index (χ3n) is 6.83. The number of benzene rings is 2. The van der Waals surface area contributed by atoms with E-state index in [1.165, 1.54) is 54.7 Å². The molecule has 0 radical (unpaired) electrons. The van der Waals surface area contributed by atoms with E-state index in [1.807, 2.05) is 12.1 Å². The molecular weight excluding hydrogens is 360 g/mol. The van der Waals surface area contributed by atoms with Gasteiger partial charge in [-0.05, 0) is 86.9 Å². The summed E-state index contributed by atoms with van der Waals surface area (Å²) in [5.74, 6) is 0.176. The Morgan fingerprint density at radius 2 is 1.69 bits per heavy atom. The van der Waals surface area contributed by atoms with E-state index in [2.05, 4.69) is 41.8 Å². The quantitative estimate of drug-likeness (QED) is 0.752. The van der Waals surface area contributed by atoms with Crippen molar-refractivity contribution in [2.45, 2.75) is 71.2 Å². The van der Waals surface area contributed by atoms with Gasteiger partial charge in [-0.1, -0.05) is 12.1 Å². The van der Waals surface area contributed by atoms with Gasteiger partial charge in [-0.2, -0.15) is 0 Å². The Kier molecular flexibility index (Phi) is 5.84. The Morgan fingerprint density at radius 1 is 0.931 bits per heavy atom. The summed E-state index contributed by atoms with van der Waals surface area (Å²) < 4.78 is 0. The summed E-state index contributed by atoms with van der Waals surface area (Å²) in [6.07, 6.45) is 5.96. The van der Waals surface area contributed by atoms with E-state index in [-0.39, 0.29) is 17.9 Å². The van der Waals surface area contributed by atoms with Gasteiger partial charge in [0, 0.05) is 43.0 Å². The Bertz CT molecular complexity index is 856. The molecule has 0 unspecified atom stereocenters. The first kappa shape index (κ1) is 20.2. The lowest BCUT2D eigenvalue weighted by molar-refractivity contribution is 0.109. The Balaban J connectivity index is 1.41. The van der Waals surface area contributed by atoms with E-state index < -0.39 is 0 Å². The summed E-state index contributed by atoms with van der Waals surface area (Å²) in [5.41, 5.74) is 6.20. The smallest absolute Gasteiger partial charge is 0.121 e. The van der Waals surface area contributed by atoms with Crippen LogP contribution in [0.4, 0.5) is 5.69 Å². The van der Waals surface area contributed by atoms with E-state index >= 15 is 0 Å². The van der Waals surface area contributed by atoms with Gasteiger partial charge in [-0.3, -0.25) is 4.90 Å². The molecule has 2 aliphatic rings. The molecule has 0 bridgehead atoms. The average molecular weight is 395 g/mol. The summed E-state index contributed by atoms with van der Waals surface area (Å²) in [4.78, 5) is 5.13. The van der Waals surface area contributed by atoms with Crippen LogP contribution in [-0.4, -0.2) is 33.7 Å². The van der Waals surface area contributed by atoms with Gasteiger partial charge in [0.2, 0.25) is 0 Å². The van der Waals surface area contributed by atoms with Crippen LogP contribution in [-0.2, 0) is 26.1 Å². The second-order valence-corrected chi connectivity index (χ2v) is 9.29. The van der Waals surface area contributed by atoms with Crippen LogP contribution in [0.3, 0.4) is 0 Å². The standard InChI is InChI=1S/C25H34N2O2/c1-25(2,11-10-19-6-9-24(29)22(14-19)18-28)27-16-20-7-8-23(15-21(20)17-27)26-12-4-3-5-13-26/h6-9,14-15,28-29H,3-5,10-13,16-18H2,1-2H3. The summed E-state index contributed by atoms with van der Waals surface area (Å²) >= 11 is 0. The molecule has 0 spiro atoms. The fourth-order valence-electron chi connectivity index (χ4n) is 4.69. The number of nitrogens with zero attached hydrogens (tertiary/aromatic N) is 2.